The number of nitrogens with two attached hydrogens (primary N) is 1. The lowest BCUT2D eigenvalue weighted by Crippen LogP contribution is -2.12. The van der Waals surface area contributed by atoms with Crippen LogP contribution < -0.4 is 5.73 Å². The summed E-state index contributed by atoms with van der Waals surface area (Å²) in [6.45, 7) is 1.67. The van der Waals surface area contributed by atoms with Crippen molar-refractivity contribution < 1.29 is 9.90 Å². The molecule has 1 atom stereocenters. The summed E-state index contributed by atoms with van der Waals surface area (Å²) >= 11 is 6.41. The molecular formula is C9H8I3NO2. The quantitative estimate of drug-likeness (QED) is 0.445. The highest BCUT2D eigenvalue weighted by molar-refractivity contribution is 14.1. The number of carboxylic acid groups (broad SMARTS) is 1. The zero-order chi connectivity index (χ0) is 11.7. The van der Waals surface area contributed by atoms with E-state index in [2.05, 4.69) is 67.8 Å². The van der Waals surface area contributed by atoms with Crippen LogP contribution >= 0.6 is 67.8 Å². The first-order valence-corrected chi connectivity index (χ1v) is 7.25. The average Bonchev–Trinajstić information content (AvgIpc) is 2.14. The number of hydrogen-bond donors (Lipinski definition) is 2. The van der Waals surface area contributed by atoms with Gasteiger partial charge in [0.05, 0.1) is 11.6 Å². The van der Waals surface area contributed by atoms with Crippen LogP contribution in [0.5, 0.6) is 0 Å². The summed E-state index contributed by atoms with van der Waals surface area (Å²) in [5.41, 5.74) is 7.35. The van der Waals surface area contributed by atoms with Crippen molar-refractivity contribution >= 4 is 79.4 Å². The molecular weight excluding hydrogens is 535 g/mol. The normalized spacial score (nSPS) is 12.5. The van der Waals surface area contributed by atoms with E-state index in [0.717, 1.165) is 16.3 Å². The van der Waals surface area contributed by atoms with Gasteiger partial charge in [-0.2, -0.15) is 0 Å². The van der Waals surface area contributed by atoms with Crippen LogP contribution in [0.25, 0.3) is 0 Å². The lowest BCUT2D eigenvalue weighted by atomic mass is 10.0. The third-order valence-corrected chi connectivity index (χ3v) is 4.99. The topological polar surface area (TPSA) is 63.3 Å². The Kier molecular flexibility index (Phi) is 4.89. The van der Waals surface area contributed by atoms with Crippen LogP contribution in [0.3, 0.4) is 0 Å². The van der Waals surface area contributed by atoms with E-state index in [0.29, 0.717) is 5.69 Å². The monoisotopic (exact) mass is 543 g/mol. The van der Waals surface area contributed by atoms with Gasteiger partial charge < -0.3 is 10.8 Å². The number of benzene rings is 1. The molecule has 0 heterocycles. The molecule has 0 bridgehead atoms. The molecule has 0 aliphatic carbocycles. The molecule has 82 valence electrons. The summed E-state index contributed by atoms with van der Waals surface area (Å²) in [7, 11) is 0. The van der Waals surface area contributed by atoms with Crippen molar-refractivity contribution in [3.05, 3.63) is 22.3 Å². The van der Waals surface area contributed by atoms with Gasteiger partial charge in [-0.1, -0.05) is 0 Å². The van der Waals surface area contributed by atoms with Gasteiger partial charge in [-0.3, -0.25) is 4.79 Å². The lowest BCUT2D eigenvalue weighted by Gasteiger charge is -2.14. The Bertz CT molecular complexity index is 420. The molecule has 1 aromatic rings. The predicted octanol–water partition coefficient (Wildman–Crippen LogP) is 3.27. The van der Waals surface area contributed by atoms with Crippen LogP contribution in [-0.2, 0) is 4.79 Å². The van der Waals surface area contributed by atoms with E-state index in [-0.39, 0.29) is 0 Å². The van der Waals surface area contributed by atoms with Crippen LogP contribution in [0.2, 0.25) is 0 Å². The number of rotatable bonds is 2. The summed E-state index contributed by atoms with van der Waals surface area (Å²) in [6, 6.07) is 1.91. The molecule has 1 unspecified atom stereocenters. The van der Waals surface area contributed by atoms with Crippen molar-refractivity contribution in [1.82, 2.24) is 0 Å². The van der Waals surface area contributed by atoms with E-state index in [1.54, 1.807) is 6.92 Å². The lowest BCUT2D eigenvalue weighted by molar-refractivity contribution is -0.138. The second-order valence-corrected chi connectivity index (χ2v) is 6.44. The van der Waals surface area contributed by atoms with Crippen LogP contribution in [-0.4, -0.2) is 11.1 Å². The number of hydrogen-bond acceptors (Lipinski definition) is 2. The van der Waals surface area contributed by atoms with Crippen molar-refractivity contribution in [2.24, 2.45) is 0 Å². The summed E-state index contributed by atoms with van der Waals surface area (Å²) in [6.07, 6.45) is 0. The van der Waals surface area contributed by atoms with E-state index in [1.165, 1.54) is 0 Å². The Labute approximate surface area is 129 Å². The second-order valence-electron chi connectivity index (χ2n) is 3.04. The Morgan fingerprint density at radius 2 is 1.93 bits per heavy atom. The first-order valence-electron chi connectivity index (χ1n) is 4.02. The second kappa shape index (κ2) is 5.34. The van der Waals surface area contributed by atoms with Gasteiger partial charge in [0.25, 0.3) is 0 Å². The molecule has 3 N–H and O–H groups in total. The highest BCUT2D eigenvalue weighted by Crippen LogP contribution is 2.34. The number of carbonyl (C=O) groups is 1. The van der Waals surface area contributed by atoms with Crippen LogP contribution in [0.4, 0.5) is 5.69 Å². The maximum atomic E-state index is 11.0. The van der Waals surface area contributed by atoms with Gasteiger partial charge in [0.1, 0.15) is 0 Å². The number of halogens is 3. The van der Waals surface area contributed by atoms with Crippen molar-refractivity contribution in [3.8, 4) is 0 Å². The van der Waals surface area contributed by atoms with Gasteiger partial charge in [-0.05, 0) is 86.3 Å². The van der Waals surface area contributed by atoms with E-state index in [4.69, 9.17) is 10.8 Å². The summed E-state index contributed by atoms with van der Waals surface area (Å²) in [5.74, 6) is -1.35. The minimum absolute atomic E-state index is 0.525. The molecule has 0 radical (unpaired) electrons. The SMILES string of the molecule is CC(C(=O)O)c1c(I)cc(I)c(N)c1I. The molecule has 0 aromatic heterocycles. The van der Waals surface area contributed by atoms with Crippen molar-refractivity contribution in [3.63, 3.8) is 0 Å². The van der Waals surface area contributed by atoms with Gasteiger partial charge in [-0.25, -0.2) is 0 Å². The number of carboxylic acids is 1. The molecule has 6 heteroatoms. The van der Waals surface area contributed by atoms with E-state index >= 15 is 0 Å². The number of aliphatic carboxylic acids is 1. The maximum Gasteiger partial charge on any atom is 0.310 e. The van der Waals surface area contributed by atoms with Gasteiger partial charge in [0, 0.05) is 10.7 Å². The number of nitrogen functional groups attached to an aromatic ring is 1. The van der Waals surface area contributed by atoms with Gasteiger partial charge >= 0.3 is 5.97 Å². The Morgan fingerprint density at radius 1 is 1.40 bits per heavy atom. The smallest absolute Gasteiger partial charge is 0.310 e. The zero-order valence-corrected chi connectivity index (χ0v) is 14.2. The molecule has 0 aliphatic rings. The molecule has 1 rings (SSSR count). The van der Waals surface area contributed by atoms with Crippen molar-refractivity contribution in [2.75, 3.05) is 5.73 Å². The number of anilines is 1. The van der Waals surface area contributed by atoms with Crippen LogP contribution in [0, 0.1) is 10.7 Å². The summed E-state index contributed by atoms with van der Waals surface area (Å²) in [4.78, 5) is 11.0. The molecule has 3 nitrogen and oxygen atoms in total. The highest BCUT2D eigenvalue weighted by atomic mass is 127. The van der Waals surface area contributed by atoms with E-state index in [1.807, 2.05) is 6.07 Å². The van der Waals surface area contributed by atoms with Crippen LogP contribution in [0.1, 0.15) is 18.4 Å². The van der Waals surface area contributed by atoms with Gasteiger partial charge in [0.15, 0.2) is 0 Å². The van der Waals surface area contributed by atoms with Gasteiger partial charge in [0.2, 0.25) is 0 Å². The van der Waals surface area contributed by atoms with Gasteiger partial charge in [-0.15, -0.1) is 0 Å². The van der Waals surface area contributed by atoms with Crippen molar-refractivity contribution in [2.45, 2.75) is 12.8 Å². The van der Waals surface area contributed by atoms with E-state index < -0.39 is 11.9 Å². The zero-order valence-electron chi connectivity index (χ0n) is 7.72. The summed E-state index contributed by atoms with van der Waals surface area (Å²) < 4.78 is 2.76. The van der Waals surface area contributed by atoms with E-state index in [9.17, 15) is 4.79 Å². The fraction of sp³-hybridized carbons (Fsp3) is 0.222. The minimum atomic E-state index is -0.827. The molecule has 0 amide bonds. The first-order chi connectivity index (χ1) is 6.86. The maximum absolute atomic E-state index is 11.0. The van der Waals surface area contributed by atoms with Crippen LogP contribution in [0.15, 0.2) is 6.07 Å². The molecule has 0 spiro atoms. The minimum Gasteiger partial charge on any atom is -0.481 e. The molecule has 0 saturated heterocycles. The summed E-state index contributed by atoms with van der Waals surface area (Å²) in [5, 5.41) is 9.00. The first kappa shape index (κ1) is 13.7. The molecule has 1 aromatic carbocycles. The molecule has 0 saturated carbocycles. The molecule has 0 fully saturated rings. The third-order valence-electron chi connectivity index (χ3n) is 2.04. The Balaban J connectivity index is 3.42. The Hall–Kier alpha value is 0.680. The fourth-order valence-corrected chi connectivity index (χ4v) is 5.45. The average molecular weight is 543 g/mol. The molecule has 0 aliphatic heterocycles. The van der Waals surface area contributed by atoms with Crippen molar-refractivity contribution in [1.29, 1.82) is 0 Å². The Morgan fingerprint density at radius 3 is 2.40 bits per heavy atom. The molecule has 15 heavy (non-hydrogen) atoms. The largest absolute Gasteiger partial charge is 0.481 e. The predicted molar refractivity (Wildman–Crippen MR) is 85.1 cm³/mol. The fourth-order valence-electron chi connectivity index (χ4n) is 1.14. The highest BCUT2D eigenvalue weighted by Gasteiger charge is 2.22. The standard InChI is InChI=1S/C9H8I3NO2/c1-3(9(14)15)6-4(10)2-5(11)8(13)7(6)12/h2-3H,13H2,1H3,(H,14,15). The third kappa shape index (κ3) is 2.87.